The van der Waals surface area contributed by atoms with Crippen molar-refractivity contribution in [3.8, 4) is 5.75 Å². The molecule has 3 aliphatic rings. The molecule has 5 rings (SSSR count). The van der Waals surface area contributed by atoms with Gasteiger partial charge in [-0.25, -0.2) is 14.8 Å². The number of rotatable bonds is 1. The first-order valence-electron chi connectivity index (χ1n) is 9.68. The van der Waals surface area contributed by atoms with E-state index in [1.54, 1.807) is 17.0 Å². The molecule has 1 aromatic carbocycles. The van der Waals surface area contributed by atoms with Gasteiger partial charge in [-0.1, -0.05) is 0 Å². The number of Topliss-reactive ketones (excluding diaryl/α,β-unsaturated/α-hetero) is 1. The van der Waals surface area contributed by atoms with E-state index in [0.717, 1.165) is 16.0 Å². The highest BCUT2D eigenvalue weighted by Gasteiger charge is 2.52. The second-order valence-electron chi connectivity index (χ2n) is 7.78. The van der Waals surface area contributed by atoms with E-state index in [1.807, 2.05) is 19.9 Å². The van der Waals surface area contributed by atoms with Crippen molar-refractivity contribution in [3.05, 3.63) is 41.1 Å². The van der Waals surface area contributed by atoms with Crippen molar-refractivity contribution in [2.24, 2.45) is 4.99 Å². The number of hydrogen-bond acceptors (Lipinski definition) is 7. The molecule has 1 aromatic heterocycles. The number of benzene rings is 1. The van der Waals surface area contributed by atoms with Gasteiger partial charge < -0.3 is 19.8 Å². The lowest BCUT2D eigenvalue weighted by molar-refractivity contribution is 0.0602. The maximum Gasteiger partial charge on any atom is 0.413 e. The maximum absolute atomic E-state index is 13.1. The minimum atomic E-state index is -1.70. The molecule has 154 valence electrons. The van der Waals surface area contributed by atoms with Crippen LogP contribution in [0.2, 0.25) is 0 Å². The van der Waals surface area contributed by atoms with Crippen LogP contribution in [0, 0.1) is 13.8 Å². The molecule has 4 heterocycles. The summed E-state index contributed by atoms with van der Waals surface area (Å²) in [5, 5.41) is 20.6. The summed E-state index contributed by atoms with van der Waals surface area (Å²) in [6, 6.07) is 5.30. The molecular formula is C21H20N4O5. The van der Waals surface area contributed by atoms with E-state index in [4.69, 9.17) is 4.74 Å². The molecule has 0 radical (unpaired) electrons. The van der Waals surface area contributed by atoms with Crippen molar-refractivity contribution in [2.75, 3.05) is 29.5 Å². The highest BCUT2D eigenvalue weighted by atomic mass is 16.5. The van der Waals surface area contributed by atoms with Crippen LogP contribution in [0.3, 0.4) is 0 Å². The molecule has 1 saturated heterocycles. The molecule has 3 aliphatic heterocycles. The van der Waals surface area contributed by atoms with Crippen molar-refractivity contribution in [1.82, 2.24) is 4.98 Å². The Morgan fingerprint density at radius 3 is 2.73 bits per heavy atom. The third kappa shape index (κ3) is 2.51. The summed E-state index contributed by atoms with van der Waals surface area (Å²) in [5.41, 5.74) is 1.83. The fraction of sp³-hybridized carbons (Fsp3) is 0.333. The summed E-state index contributed by atoms with van der Waals surface area (Å²) < 4.78 is 5.61. The van der Waals surface area contributed by atoms with Crippen molar-refractivity contribution in [1.29, 1.82) is 0 Å². The Balaban J connectivity index is 1.59. The third-order valence-corrected chi connectivity index (χ3v) is 5.97. The molecule has 2 N–H and O–H groups in total. The Hall–Kier alpha value is -3.46. The SMILES string of the molecule is Cc1cc2c(cc1C)C(=O)C1(O)CCN(c3cnc4c(c3)OCCN4C(=O)O)C1=N2. The van der Waals surface area contributed by atoms with E-state index in [0.29, 0.717) is 29.2 Å². The molecule has 1 unspecified atom stereocenters. The lowest BCUT2D eigenvalue weighted by Gasteiger charge is -2.31. The number of carbonyl (C=O) groups is 2. The van der Waals surface area contributed by atoms with Gasteiger partial charge in [0.05, 0.1) is 24.1 Å². The zero-order valence-corrected chi connectivity index (χ0v) is 16.5. The number of carboxylic acid groups (broad SMARTS) is 1. The van der Waals surface area contributed by atoms with E-state index in [1.165, 1.54) is 6.20 Å². The smallest absolute Gasteiger partial charge is 0.413 e. The molecule has 0 aliphatic carbocycles. The first-order valence-corrected chi connectivity index (χ1v) is 9.68. The number of nitrogens with zero attached hydrogens (tertiary/aromatic N) is 4. The van der Waals surface area contributed by atoms with Gasteiger partial charge in [-0.15, -0.1) is 0 Å². The van der Waals surface area contributed by atoms with E-state index in [9.17, 15) is 19.8 Å². The van der Waals surface area contributed by atoms with Gasteiger partial charge in [0.25, 0.3) is 0 Å². The Labute approximate surface area is 172 Å². The maximum atomic E-state index is 13.1. The van der Waals surface area contributed by atoms with Crippen LogP contribution in [-0.2, 0) is 0 Å². The molecule has 0 saturated carbocycles. The summed E-state index contributed by atoms with van der Waals surface area (Å²) in [7, 11) is 0. The van der Waals surface area contributed by atoms with Gasteiger partial charge in [0, 0.05) is 24.6 Å². The van der Waals surface area contributed by atoms with E-state index < -0.39 is 11.7 Å². The number of aryl methyl sites for hydroxylation is 2. The molecule has 9 heteroatoms. The third-order valence-electron chi connectivity index (χ3n) is 5.97. The molecule has 1 fully saturated rings. The van der Waals surface area contributed by atoms with Crippen molar-refractivity contribution in [3.63, 3.8) is 0 Å². The molecule has 9 nitrogen and oxygen atoms in total. The Morgan fingerprint density at radius 2 is 1.97 bits per heavy atom. The van der Waals surface area contributed by atoms with Gasteiger partial charge >= 0.3 is 6.09 Å². The monoisotopic (exact) mass is 408 g/mol. The predicted molar refractivity (Wildman–Crippen MR) is 109 cm³/mol. The first kappa shape index (κ1) is 18.6. The van der Waals surface area contributed by atoms with E-state index >= 15 is 0 Å². The number of aromatic nitrogens is 1. The standard InChI is InChI=1S/C21H20N4O5/c1-11-7-14-15(8-12(11)2)23-19-21(29,17(14)26)3-4-24(19)13-9-16-18(22-10-13)25(20(27)28)5-6-30-16/h7-10,29H,3-6H2,1-2H3,(H,27,28). The minimum Gasteiger partial charge on any atom is -0.488 e. The van der Waals surface area contributed by atoms with Gasteiger partial charge in [-0.3, -0.25) is 9.69 Å². The quantitative estimate of drug-likeness (QED) is 0.745. The number of hydrogen-bond donors (Lipinski definition) is 2. The molecule has 0 bridgehead atoms. The van der Waals surface area contributed by atoms with Gasteiger partial charge in [0.1, 0.15) is 12.4 Å². The molecule has 1 atom stereocenters. The molecule has 2 aromatic rings. The van der Waals surface area contributed by atoms with Gasteiger partial charge in [-0.2, -0.15) is 0 Å². The average Bonchev–Trinajstić information content (AvgIpc) is 3.06. The lowest BCUT2D eigenvalue weighted by Crippen LogP contribution is -2.48. The highest BCUT2D eigenvalue weighted by Crippen LogP contribution is 2.42. The Kier molecular flexibility index (Phi) is 3.88. The number of fused-ring (bicyclic) bond motifs is 3. The fourth-order valence-corrected chi connectivity index (χ4v) is 4.17. The zero-order valence-electron chi connectivity index (χ0n) is 16.5. The van der Waals surface area contributed by atoms with Crippen LogP contribution in [0.5, 0.6) is 5.75 Å². The molecule has 0 spiro atoms. The highest BCUT2D eigenvalue weighted by molar-refractivity contribution is 6.28. The predicted octanol–water partition coefficient (Wildman–Crippen LogP) is 2.44. The summed E-state index contributed by atoms with van der Waals surface area (Å²) in [5.74, 6) is 0.472. The number of amidine groups is 1. The van der Waals surface area contributed by atoms with Crippen molar-refractivity contribution in [2.45, 2.75) is 25.9 Å². The molecule has 1 amide bonds. The van der Waals surface area contributed by atoms with Crippen LogP contribution < -0.4 is 14.5 Å². The van der Waals surface area contributed by atoms with Crippen molar-refractivity contribution < 1.29 is 24.5 Å². The Bertz CT molecular complexity index is 1140. The number of carbonyl (C=O) groups excluding carboxylic acids is 1. The van der Waals surface area contributed by atoms with Crippen LogP contribution in [0.15, 0.2) is 29.4 Å². The van der Waals surface area contributed by atoms with Gasteiger partial charge in [0.2, 0.25) is 5.78 Å². The normalized spacial score (nSPS) is 22.1. The fourth-order valence-electron chi connectivity index (χ4n) is 4.17. The summed E-state index contributed by atoms with van der Waals surface area (Å²) in [4.78, 5) is 36.4. The van der Waals surface area contributed by atoms with E-state index in [-0.39, 0.29) is 37.0 Å². The van der Waals surface area contributed by atoms with Crippen molar-refractivity contribution >= 4 is 34.9 Å². The second-order valence-corrected chi connectivity index (χ2v) is 7.78. The van der Waals surface area contributed by atoms with Crippen LogP contribution in [0.4, 0.5) is 22.0 Å². The number of ether oxygens (including phenoxy) is 1. The first-order chi connectivity index (χ1) is 14.3. The zero-order chi connectivity index (χ0) is 21.2. The number of aliphatic imine (C=N–C) groups is 1. The Morgan fingerprint density at radius 1 is 1.20 bits per heavy atom. The minimum absolute atomic E-state index is 0.203. The average molecular weight is 408 g/mol. The number of ketones is 1. The van der Waals surface area contributed by atoms with E-state index in [2.05, 4.69) is 9.98 Å². The molecule has 30 heavy (non-hydrogen) atoms. The van der Waals surface area contributed by atoms with Gasteiger partial charge in [-0.05, 0) is 37.1 Å². The van der Waals surface area contributed by atoms with Crippen LogP contribution in [0.1, 0.15) is 27.9 Å². The number of pyridine rings is 1. The topological polar surface area (TPSA) is 116 Å². The number of anilines is 2. The van der Waals surface area contributed by atoms with Crippen LogP contribution in [-0.4, -0.2) is 58.2 Å². The van der Waals surface area contributed by atoms with Crippen LogP contribution in [0.25, 0.3) is 0 Å². The largest absolute Gasteiger partial charge is 0.488 e. The second kappa shape index (κ2) is 6.27. The summed E-state index contributed by atoms with van der Waals surface area (Å²) in [6.45, 7) is 4.67. The summed E-state index contributed by atoms with van der Waals surface area (Å²) >= 11 is 0. The molecular weight excluding hydrogens is 388 g/mol. The number of aliphatic hydroxyl groups is 1. The van der Waals surface area contributed by atoms with Crippen LogP contribution >= 0.6 is 0 Å². The summed E-state index contributed by atoms with van der Waals surface area (Å²) in [6.07, 6.45) is 0.619. The number of amides is 1. The lowest BCUT2D eigenvalue weighted by atomic mass is 9.86. The van der Waals surface area contributed by atoms with Gasteiger partial charge in [0.15, 0.2) is 17.2 Å².